The van der Waals surface area contributed by atoms with Crippen molar-refractivity contribution in [2.24, 2.45) is 0 Å². The van der Waals surface area contributed by atoms with E-state index in [-0.39, 0.29) is 11.8 Å². The quantitative estimate of drug-likeness (QED) is 0.791. The fourth-order valence-corrected chi connectivity index (χ4v) is 2.13. The van der Waals surface area contributed by atoms with Crippen LogP contribution < -0.4 is 20.1 Å². The number of benzene rings is 2. The Morgan fingerprint density at radius 1 is 0.960 bits per heavy atom. The Bertz CT molecular complexity index is 783. The van der Waals surface area contributed by atoms with Crippen molar-refractivity contribution in [1.29, 1.82) is 0 Å². The molecule has 0 atom stereocenters. The summed E-state index contributed by atoms with van der Waals surface area (Å²) in [6.07, 6.45) is 3.15. The van der Waals surface area contributed by atoms with E-state index in [1.807, 2.05) is 24.3 Å². The van der Waals surface area contributed by atoms with E-state index in [2.05, 4.69) is 10.6 Å². The number of hydrogen-bond acceptors (Lipinski definition) is 4. The molecule has 0 aliphatic rings. The molecule has 0 aliphatic heterocycles. The zero-order chi connectivity index (χ0) is 18.2. The van der Waals surface area contributed by atoms with E-state index in [1.165, 1.54) is 20.1 Å². The number of nitrogens with one attached hydrogen (secondary N) is 2. The first kappa shape index (κ1) is 18.1. The van der Waals surface area contributed by atoms with Crippen LogP contribution in [0.2, 0.25) is 0 Å². The monoisotopic (exact) mass is 340 g/mol. The lowest BCUT2D eigenvalue weighted by molar-refractivity contribution is -0.114. The summed E-state index contributed by atoms with van der Waals surface area (Å²) in [7, 11) is 3.10. The van der Waals surface area contributed by atoms with E-state index in [1.54, 1.807) is 31.4 Å². The second kappa shape index (κ2) is 8.54. The number of anilines is 2. The highest BCUT2D eigenvalue weighted by molar-refractivity contribution is 6.02. The topological polar surface area (TPSA) is 76.7 Å². The zero-order valence-corrected chi connectivity index (χ0v) is 14.3. The molecule has 0 bridgehead atoms. The van der Waals surface area contributed by atoms with E-state index in [4.69, 9.17) is 9.47 Å². The Kier molecular flexibility index (Phi) is 6.17. The molecule has 0 saturated carbocycles. The second-order valence-corrected chi connectivity index (χ2v) is 5.19. The molecule has 0 heterocycles. The fourth-order valence-electron chi connectivity index (χ4n) is 2.13. The van der Waals surface area contributed by atoms with Crippen LogP contribution in [-0.2, 0) is 9.59 Å². The Morgan fingerprint density at radius 3 is 2.28 bits per heavy atom. The molecule has 0 fully saturated rings. The number of carbonyl (C=O) groups excluding carboxylic acids is 2. The summed E-state index contributed by atoms with van der Waals surface area (Å²) in [6, 6.07) is 12.4. The van der Waals surface area contributed by atoms with Gasteiger partial charge in [-0.3, -0.25) is 9.59 Å². The van der Waals surface area contributed by atoms with Gasteiger partial charge in [-0.2, -0.15) is 0 Å². The summed E-state index contributed by atoms with van der Waals surface area (Å²) in [4.78, 5) is 23.2. The minimum atomic E-state index is -0.273. The maximum absolute atomic E-state index is 12.0. The largest absolute Gasteiger partial charge is 0.497 e. The van der Waals surface area contributed by atoms with Crippen LogP contribution in [0.3, 0.4) is 0 Å². The van der Waals surface area contributed by atoms with E-state index in [9.17, 15) is 9.59 Å². The Hall–Kier alpha value is -3.28. The van der Waals surface area contributed by atoms with Crippen molar-refractivity contribution < 1.29 is 19.1 Å². The number of ether oxygens (including phenoxy) is 2. The van der Waals surface area contributed by atoms with Gasteiger partial charge in [0.25, 0.3) is 0 Å². The Labute approximate surface area is 146 Å². The summed E-state index contributed by atoms with van der Waals surface area (Å²) in [6.45, 7) is 1.42. The van der Waals surface area contributed by atoms with Crippen molar-refractivity contribution in [3.63, 3.8) is 0 Å². The molecule has 2 rings (SSSR count). The molecule has 0 saturated heterocycles. The molecule has 2 N–H and O–H groups in total. The minimum Gasteiger partial charge on any atom is -0.497 e. The van der Waals surface area contributed by atoms with Crippen molar-refractivity contribution in [1.82, 2.24) is 0 Å². The van der Waals surface area contributed by atoms with Crippen molar-refractivity contribution in [3.05, 3.63) is 54.1 Å². The molecule has 0 aromatic heterocycles. The smallest absolute Gasteiger partial charge is 0.248 e. The second-order valence-electron chi connectivity index (χ2n) is 5.19. The van der Waals surface area contributed by atoms with Gasteiger partial charge >= 0.3 is 0 Å². The Morgan fingerprint density at radius 2 is 1.68 bits per heavy atom. The van der Waals surface area contributed by atoms with Gasteiger partial charge in [0.2, 0.25) is 11.8 Å². The van der Waals surface area contributed by atoms with E-state index >= 15 is 0 Å². The number of hydrogen-bond donors (Lipinski definition) is 2. The number of amides is 2. The normalized spacial score (nSPS) is 10.4. The standard InChI is InChI=1S/C19H20N2O4/c1-13(22)20-17-10-7-15(12-18(17)25-3)21-19(23)11-6-14-4-8-16(24-2)9-5-14/h4-12H,1-3H3,(H,20,22)(H,21,23). The van der Waals surface area contributed by atoms with E-state index in [0.29, 0.717) is 17.1 Å². The lowest BCUT2D eigenvalue weighted by atomic mass is 10.2. The third kappa shape index (κ3) is 5.39. The van der Waals surface area contributed by atoms with Gasteiger partial charge in [0.15, 0.2) is 0 Å². The first-order valence-corrected chi connectivity index (χ1v) is 7.60. The summed E-state index contributed by atoms with van der Waals surface area (Å²) < 4.78 is 10.3. The molecule has 2 aromatic rings. The average molecular weight is 340 g/mol. The highest BCUT2D eigenvalue weighted by Crippen LogP contribution is 2.28. The van der Waals surface area contributed by atoms with Crippen LogP contribution in [-0.4, -0.2) is 26.0 Å². The fraction of sp³-hybridized carbons (Fsp3) is 0.158. The van der Waals surface area contributed by atoms with Crippen LogP contribution in [0, 0.1) is 0 Å². The van der Waals surface area contributed by atoms with Crippen molar-refractivity contribution in [3.8, 4) is 11.5 Å². The predicted molar refractivity (Wildman–Crippen MR) is 98.0 cm³/mol. The number of methoxy groups -OCH3 is 2. The van der Waals surface area contributed by atoms with Crippen LogP contribution in [0.25, 0.3) is 6.08 Å². The molecule has 130 valence electrons. The van der Waals surface area contributed by atoms with Gasteiger partial charge in [-0.05, 0) is 35.9 Å². The molecule has 6 nitrogen and oxygen atoms in total. The molecular weight excluding hydrogens is 320 g/mol. The summed E-state index contributed by atoms with van der Waals surface area (Å²) >= 11 is 0. The summed E-state index contributed by atoms with van der Waals surface area (Å²) in [5, 5.41) is 5.41. The molecule has 0 radical (unpaired) electrons. The lowest BCUT2D eigenvalue weighted by Gasteiger charge is -2.11. The molecule has 2 aromatic carbocycles. The van der Waals surface area contributed by atoms with E-state index in [0.717, 1.165) is 11.3 Å². The molecule has 25 heavy (non-hydrogen) atoms. The van der Waals surface area contributed by atoms with Crippen molar-refractivity contribution in [2.75, 3.05) is 24.9 Å². The molecule has 6 heteroatoms. The summed E-state index contributed by atoms with van der Waals surface area (Å²) in [5.74, 6) is 0.753. The van der Waals surface area contributed by atoms with Crippen molar-refractivity contribution >= 4 is 29.3 Å². The molecular formula is C19H20N2O4. The first-order chi connectivity index (χ1) is 12.0. The third-order valence-corrected chi connectivity index (χ3v) is 3.32. The van der Waals surface area contributed by atoms with Gasteiger partial charge in [0, 0.05) is 24.8 Å². The summed E-state index contributed by atoms with van der Waals surface area (Å²) in [5.41, 5.74) is 1.99. The Balaban J connectivity index is 2.04. The van der Waals surface area contributed by atoms with Crippen LogP contribution in [0.15, 0.2) is 48.5 Å². The van der Waals surface area contributed by atoms with Gasteiger partial charge in [-0.25, -0.2) is 0 Å². The molecule has 0 spiro atoms. The maximum Gasteiger partial charge on any atom is 0.248 e. The number of rotatable bonds is 6. The lowest BCUT2D eigenvalue weighted by Crippen LogP contribution is -2.10. The third-order valence-electron chi connectivity index (χ3n) is 3.32. The average Bonchev–Trinajstić information content (AvgIpc) is 2.61. The van der Waals surface area contributed by atoms with Gasteiger partial charge in [0.1, 0.15) is 11.5 Å². The van der Waals surface area contributed by atoms with Gasteiger partial charge in [0.05, 0.1) is 19.9 Å². The van der Waals surface area contributed by atoms with E-state index < -0.39 is 0 Å². The van der Waals surface area contributed by atoms with Crippen LogP contribution in [0.4, 0.5) is 11.4 Å². The maximum atomic E-state index is 12.0. The van der Waals surface area contributed by atoms with Gasteiger partial charge in [-0.1, -0.05) is 12.1 Å². The SMILES string of the molecule is COc1ccc(C=CC(=O)Nc2ccc(NC(C)=O)c(OC)c2)cc1. The van der Waals surface area contributed by atoms with Gasteiger partial charge < -0.3 is 20.1 Å². The molecule has 0 unspecified atom stereocenters. The highest BCUT2D eigenvalue weighted by atomic mass is 16.5. The van der Waals surface area contributed by atoms with Gasteiger partial charge in [-0.15, -0.1) is 0 Å². The number of carbonyl (C=O) groups is 2. The minimum absolute atomic E-state index is 0.197. The van der Waals surface area contributed by atoms with Crippen LogP contribution >= 0.6 is 0 Å². The molecule has 0 aliphatic carbocycles. The molecule has 2 amide bonds. The predicted octanol–water partition coefficient (Wildman–Crippen LogP) is 3.31. The van der Waals surface area contributed by atoms with Crippen LogP contribution in [0.1, 0.15) is 12.5 Å². The van der Waals surface area contributed by atoms with Crippen molar-refractivity contribution in [2.45, 2.75) is 6.92 Å². The van der Waals surface area contributed by atoms with Crippen LogP contribution in [0.5, 0.6) is 11.5 Å². The highest BCUT2D eigenvalue weighted by Gasteiger charge is 2.07. The zero-order valence-electron chi connectivity index (χ0n) is 14.3. The first-order valence-electron chi connectivity index (χ1n) is 7.60.